The molecule has 17 heavy (non-hydrogen) atoms. The molecule has 0 atom stereocenters. The van der Waals surface area contributed by atoms with Crippen LogP contribution in [0.25, 0.3) is 11.5 Å². The van der Waals surface area contributed by atoms with Crippen LogP contribution in [0.15, 0.2) is 12.4 Å². The van der Waals surface area contributed by atoms with E-state index >= 15 is 0 Å². The van der Waals surface area contributed by atoms with Gasteiger partial charge in [0.15, 0.2) is 5.82 Å². The van der Waals surface area contributed by atoms with Crippen molar-refractivity contribution in [3.8, 4) is 11.5 Å². The highest BCUT2D eigenvalue weighted by molar-refractivity contribution is 5.50. The summed E-state index contributed by atoms with van der Waals surface area (Å²) in [5, 5.41) is 12.8. The Morgan fingerprint density at radius 1 is 1.29 bits per heavy atom. The lowest BCUT2D eigenvalue weighted by molar-refractivity contribution is 0.592. The van der Waals surface area contributed by atoms with E-state index in [-0.39, 0.29) is 0 Å². The van der Waals surface area contributed by atoms with Crippen molar-refractivity contribution in [3.05, 3.63) is 18.1 Å². The van der Waals surface area contributed by atoms with Crippen molar-refractivity contribution in [3.63, 3.8) is 0 Å². The van der Waals surface area contributed by atoms with E-state index in [2.05, 4.69) is 53.6 Å². The van der Waals surface area contributed by atoms with E-state index in [9.17, 15) is 0 Å². The Bertz CT molecular complexity index is 495. The van der Waals surface area contributed by atoms with E-state index in [0.717, 1.165) is 30.2 Å². The molecule has 5 nitrogen and oxygen atoms in total. The van der Waals surface area contributed by atoms with Crippen LogP contribution in [0, 0.1) is 0 Å². The third-order valence-corrected chi connectivity index (χ3v) is 2.85. The Morgan fingerprint density at radius 2 is 2.06 bits per heavy atom. The smallest absolute Gasteiger partial charge is 0.182 e. The lowest BCUT2D eigenvalue weighted by Crippen LogP contribution is -2.06. The molecule has 0 radical (unpaired) electrons. The molecule has 0 bridgehead atoms. The summed E-state index contributed by atoms with van der Waals surface area (Å²) in [5.74, 6) is 0.897. The van der Waals surface area contributed by atoms with Crippen LogP contribution in [0.3, 0.4) is 0 Å². The molecule has 2 heterocycles. The number of hydrogen-bond acceptors (Lipinski definition) is 3. The zero-order chi connectivity index (χ0) is 12.4. The van der Waals surface area contributed by atoms with Crippen molar-refractivity contribution >= 4 is 0 Å². The predicted octanol–water partition coefficient (Wildman–Crippen LogP) is 2.30. The average molecular weight is 233 g/mol. The molecule has 2 rings (SSSR count). The maximum absolute atomic E-state index is 4.54. The van der Waals surface area contributed by atoms with Gasteiger partial charge in [-0.3, -0.25) is 4.68 Å². The molecular weight excluding hydrogens is 214 g/mol. The van der Waals surface area contributed by atoms with Crippen molar-refractivity contribution in [2.24, 2.45) is 0 Å². The van der Waals surface area contributed by atoms with E-state index in [0.29, 0.717) is 6.04 Å². The molecule has 0 amide bonds. The molecule has 0 unspecified atom stereocenters. The summed E-state index contributed by atoms with van der Waals surface area (Å²) in [6.07, 6.45) is 2.72. The van der Waals surface area contributed by atoms with Gasteiger partial charge in [0.05, 0.1) is 5.69 Å². The number of nitrogens with zero attached hydrogens (tertiary/aromatic N) is 5. The summed E-state index contributed by atoms with van der Waals surface area (Å²) in [6, 6.07) is 2.46. The zero-order valence-electron chi connectivity index (χ0n) is 10.9. The third-order valence-electron chi connectivity index (χ3n) is 2.85. The van der Waals surface area contributed by atoms with Crippen molar-refractivity contribution in [1.29, 1.82) is 0 Å². The molecule has 0 N–H and O–H groups in total. The Labute approximate surface area is 101 Å². The highest BCUT2D eigenvalue weighted by atomic mass is 15.3. The maximum Gasteiger partial charge on any atom is 0.182 e. The lowest BCUT2D eigenvalue weighted by Gasteiger charge is -2.10. The van der Waals surface area contributed by atoms with Crippen LogP contribution in [-0.4, -0.2) is 24.5 Å². The van der Waals surface area contributed by atoms with Crippen LogP contribution in [0.1, 0.15) is 39.4 Å². The third kappa shape index (κ3) is 2.09. The Hall–Kier alpha value is -1.65. The van der Waals surface area contributed by atoms with Gasteiger partial charge in [0.1, 0.15) is 12.0 Å². The topological polar surface area (TPSA) is 48.5 Å². The van der Waals surface area contributed by atoms with Gasteiger partial charge in [0, 0.05) is 12.6 Å². The molecule has 0 spiro atoms. The Kier molecular flexibility index (Phi) is 3.26. The quantitative estimate of drug-likeness (QED) is 0.814. The van der Waals surface area contributed by atoms with Crippen molar-refractivity contribution in [2.75, 3.05) is 0 Å². The largest absolute Gasteiger partial charge is 0.310 e. The first-order chi connectivity index (χ1) is 8.17. The molecule has 2 aromatic rings. The maximum atomic E-state index is 4.54. The minimum Gasteiger partial charge on any atom is -0.310 e. The van der Waals surface area contributed by atoms with Crippen molar-refractivity contribution in [2.45, 2.75) is 46.7 Å². The summed E-state index contributed by atoms with van der Waals surface area (Å²) in [6.45, 7) is 9.30. The number of hydrogen-bond donors (Lipinski definition) is 0. The molecule has 0 aromatic carbocycles. The average Bonchev–Trinajstić information content (AvgIpc) is 2.94. The molecule has 0 aliphatic carbocycles. The fourth-order valence-electron chi connectivity index (χ4n) is 1.87. The van der Waals surface area contributed by atoms with E-state index in [1.54, 1.807) is 6.33 Å². The lowest BCUT2D eigenvalue weighted by atomic mass is 10.3. The second-order valence-electron chi connectivity index (χ2n) is 4.35. The van der Waals surface area contributed by atoms with Gasteiger partial charge < -0.3 is 4.57 Å². The molecular formula is C12H19N5. The van der Waals surface area contributed by atoms with Crippen molar-refractivity contribution in [1.82, 2.24) is 24.5 Å². The molecule has 5 heteroatoms. The first-order valence-electron chi connectivity index (χ1n) is 6.14. The van der Waals surface area contributed by atoms with Gasteiger partial charge in [-0.05, 0) is 33.3 Å². The number of aromatic nitrogens is 5. The van der Waals surface area contributed by atoms with Gasteiger partial charge in [-0.25, -0.2) is 0 Å². The molecule has 2 aromatic heterocycles. The minimum absolute atomic E-state index is 0.352. The monoisotopic (exact) mass is 233 g/mol. The van der Waals surface area contributed by atoms with Crippen LogP contribution in [0.2, 0.25) is 0 Å². The summed E-state index contributed by atoms with van der Waals surface area (Å²) in [7, 11) is 0. The van der Waals surface area contributed by atoms with Gasteiger partial charge in [-0.1, -0.05) is 6.92 Å². The van der Waals surface area contributed by atoms with Crippen LogP contribution >= 0.6 is 0 Å². The van der Waals surface area contributed by atoms with Crippen LogP contribution < -0.4 is 0 Å². The summed E-state index contributed by atoms with van der Waals surface area (Å²) in [5.41, 5.74) is 2.15. The normalized spacial score (nSPS) is 11.4. The fraction of sp³-hybridized carbons (Fsp3) is 0.583. The first-order valence-corrected chi connectivity index (χ1v) is 6.14. The predicted molar refractivity (Wildman–Crippen MR) is 66.7 cm³/mol. The highest BCUT2D eigenvalue weighted by Gasteiger charge is 2.15. The molecule has 0 saturated heterocycles. The van der Waals surface area contributed by atoms with Crippen molar-refractivity contribution < 1.29 is 0 Å². The van der Waals surface area contributed by atoms with E-state index in [1.165, 1.54) is 0 Å². The highest BCUT2D eigenvalue weighted by Crippen LogP contribution is 2.21. The minimum atomic E-state index is 0.352. The Balaban J connectivity index is 2.51. The standard InChI is InChI=1S/C12H19N5/c1-5-10-7-11(17(6-2)15-10)12-14-13-8-16(12)9(3)4/h7-9H,5-6H2,1-4H3. The van der Waals surface area contributed by atoms with Gasteiger partial charge in [0.2, 0.25) is 0 Å². The van der Waals surface area contributed by atoms with Gasteiger partial charge in [-0.2, -0.15) is 5.10 Å². The SMILES string of the molecule is CCc1cc(-c2nncn2C(C)C)n(CC)n1. The Morgan fingerprint density at radius 3 is 2.65 bits per heavy atom. The molecule has 0 aliphatic heterocycles. The van der Waals surface area contributed by atoms with Crippen LogP contribution in [-0.2, 0) is 13.0 Å². The molecule has 0 fully saturated rings. The van der Waals surface area contributed by atoms with E-state index in [1.807, 2.05) is 4.68 Å². The number of aryl methyl sites for hydroxylation is 2. The fourth-order valence-corrected chi connectivity index (χ4v) is 1.87. The van der Waals surface area contributed by atoms with Gasteiger partial charge in [0.25, 0.3) is 0 Å². The summed E-state index contributed by atoms with van der Waals surface area (Å²) >= 11 is 0. The molecule has 0 aliphatic rings. The molecule has 0 saturated carbocycles. The number of rotatable bonds is 4. The first kappa shape index (κ1) is 11.8. The van der Waals surface area contributed by atoms with Gasteiger partial charge >= 0.3 is 0 Å². The van der Waals surface area contributed by atoms with Crippen LogP contribution in [0.5, 0.6) is 0 Å². The summed E-state index contributed by atoms with van der Waals surface area (Å²) < 4.78 is 4.06. The van der Waals surface area contributed by atoms with Gasteiger partial charge in [-0.15, -0.1) is 10.2 Å². The second-order valence-corrected chi connectivity index (χ2v) is 4.35. The summed E-state index contributed by atoms with van der Waals surface area (Å²) in [4.78, 5) is 0. The van der Waals surface area contributed by atoms with E-state index in [4.69, 9.17) is 0 Å². The zero-order valence-corrected chi connectivity index (χ0v) is 10.9. The second kappa shape index (κ2) is 4.69. The van der Waals surface area contributed by atoms with E-state index < -0.39 is 0 Å². The van der Waals surface area contributed by atoms with Crippen LogP contribution in [0.4, 0.5) is 0 Å². The molecule has 92 valence electrons.